The highest BCUT2D eigenvalue weighted by Crippen LogP contribution is 2.39. The molecule has 24 heavy (non-hydrogen) atoms. The van der Waals surface area contributed by atoms with E-state index in [1.807, 2.05) is 18.2 Å². The van der Waals surface area contributed by atoms with Crippen molar-refractivity contribution in [3.63, 3.8) is 0 Å². The summed E-state index contributed by atoms with van der Waals surface area (Å²) in [7, 11) is 0. The lowest BCUT2D eigenvalue weighted by Crippen LogP contribution is -2.34. The van der Waals surface area contributed by atoms with Crippen molar-refractivity contribution in [2.75, 3.05) is 5.32 Å². The Bertz CT molecular complexity index is 787. The Morgan fingerprint density at radius 3 is 3.00 bits per heavy atom. The predicted molar refractivity (Wildman–Crippen MR) is 98.5 cm³/mol. The number of aliphatic imine (C=N–C) groups is 1. The number of nitrogens with zero attached hydrogens (tertiary/aromatic N) is 3. The molecule has 0 spiro atoms. The second-order valence-corrected chi connectivity index (χ2v) is 5.71. The zero-order valence-corrected chi connectivity index (χ0v) is 13.9. The van der Waals surface area contributed by atoms with Crippen molar-refractivity contribution in [2.24, 2.45) is 15.8 Å². The molecule has 1 aromatic carbocycles. The maximum atomic E-state index is 5.95. The number of nitrogens with one attached hydrogen (secondary N) is 2. The standard InChI is InChI=1S/C17H18N6.ClH/c18-16(14-7-1-2-10-19-14)22-23-17-20-12-8-3-5-11-6-4-9-13(21-17)15(11)12;/h1-3,5,7-8,10,13H,4,6,9H2,(H2,18,22)(H2,20,21,23);1H. The molecular formula is C17H19ClN6. The number of hydrazone groups is 1. The van der Waals surface area contributed by atoms with Crippen LogP contribution in [0.2, 0.25) is 0 Å². The summed E-state index contributed by atoms with van der Waals surface area (Å²) >= 11 is 0. The first-order chi connectivity index (χ1) is 11.3. The number of hydrogen-bond acceptors (Lipinski definition) is 5. The van der Waals surface area contributed by atoms with E-state index in [1.165, 1.54) is 11.1 Å². The number of guanidine groups is 1. The zero-order valence-electron chi connectivity index (χ0n) is 13.1. The van der Waals surface area contributed by atoms with Crippen molar-refractivity contribution < 1.29 is 0 Å². The zero-order chi connectivity index (χ0) is 15.6. The van der Waals surface area contributed by atoms with Gasteiger partial charge in [-0.1, -0.05) is 18.2 Å². The topological polar surface area (TPSA) is 87.7 Å². The van der Waals surface area contributed by atoms with Crippen molar-refractivity contribution in [3.8, 4) is 0 Å². The van der Waals surface area contributed by atoms with E-state index in [-0.39, 0.29) is 18.4 Å². The van der Waals surface area contributed by atoms with E-state index < -0.39 is 0 Å². The van der Waals surface area contributed by atoms with E-state index in [0.29, 0.717) is 17.5 Å². The van der Waals surface area contributed by atoms with Crippen LogP contribution in [0.5, 0.6) is 0 Å². The third kappa shape index (κ3) is 3.05. The molecule has 6 nitrogen and oxygen atoms in total. The van der Waals surface area contributed by atoms with Crippen molar-refractivity contribution in [1.29, 1.82) is 0 Å². The van der Waals surface area contributed by atoms with Crippen molar-refractivity contribution in [3.05, 3.63) is 59.4 Å². The molecular weight excluding hydrogens is 324 g/mol. The van der Waals surface area contributed by atoms with E-state index in [1.54, 1.807) is 6.20 Å². The fourth-order valence-corrected chi connectivity index (χ4v) is 3.15. The van der Waals surface area contributed by atoms with Crippen LogP contribution in [0.1, 0.15) is 35.7 Å². The first-order valence-electron chi connectivity index (χ1n) is 7.78. The largest absolute Gasteiger partial charge is 0.380 e. The van der Waals surface area contributed by atoms with E-state index in [2.05, 4.69) is 39.0 Å². The van der Waals surface area contributed by atoms with Gasteiger partial charge in [-0.3, -0.25) is 4.98 Å². The number of aryl methyl sites for hydroxylation is 1. The first-order valence-corrected chi connectivity index (χ1v) is 7.78. The number of rotatable bonds is 2. The molecule has 0 saturated carbocycles. The third-order valence-corrected chi connectivity index (χ3v) is 4.20. The highest BCUT2D eigenvalue weighted by molar-refractivity contribution is 5.99. The lowest BCUT2D eigenvalue weighted by molar-refractivity contribution is 0.567. The number of amidine groups is 1. The Balaban J connectivity index is 0.00000169. The highest BCUT2D eigenvalue weighted by atomic mass is 35.5. The molecule has 1 atom stereocenters. The average Bonchev–Trinajstić information content (AvgIpc) is 2.61. The molecule has 1 unspecified atom stereocenters. The van der Waals surface area contributed by atoms with Gasteiger partial charge in [-0.25, -0.2) is 10.4 Å². The van der Waals surface area contributed by atoms with Gasteiger partial charge in [-0.05, 0) is 43.0 Å². The van der Waals surface area contributed by atoms with Gasteiger partial charge in [0.2, 0.25) is 5.96 Å². The summed E-state index contributed by atoms with van der Waals surface area (Å²) in [6.07, 6.45) is 5.05. The first kappa shape index (κ1) is 16.3. The minimum atomic E-state index is 0. The van der Waals surface area contributed by atoms with Gasteiger partial charge in [-0.15, -0.1) is 12.4 Å². The summed E-state index contributed by atoms with van der Waals surface area (Å²) in [5.41, 5.74) is 13.3. The number of halogens is 1. The van der Waals surface area contributed by atoms with Crippen LogP contribution in [-0.2, 0) is 6.42 Å². The number of aromatic nitrogens is 1. The van der Waals surface area contributed by atoms with Crippen LogP contribution in [0.3, 0.4) is 0 Å². The Morgan fingerprint density at radius 1 is 1.25 bits per heavy atom. The fourth-order valence-electron chi connectivity index (χ4n) is 3.15. The van der Waals surface area contributed by atoms with Crippen LogP contribution < -0.4 is 16.5 Å². The van der Waals surface area contributed by atoms with Crippen LogP contribution in [0.25, 0.3) is 0 Å². The summed E-state index contributed by atoms with van der Waals surface area (Å²) in [6, 6.07) is 12.1. The minimum Gasteiger partial charge on any atom is -0.380 e. The average molecular weight is 343 g/mol. The number of benzene rings is 1. The molecule has 1 aromatic heterocycles. The number of anilines is 1. The van der Waals surface area contributed by atoms with Gasteiger partial charge in [0.1, 0.15) is 5.69 Å². The predicted octanol–water partition coefficient (Wildman–Crippen LogP) is 2.57. The summed E-state index contributed by atoms with van der Waals surface area (Å²) in [4.78, 5) is 8.90. The number of nitrogens with two attached hydrogens (primary N) is 1. The molecule has 4 rings (SSSR count). The quantitative estimate of drug-likeness (QED) is 0.444. The Morgan fingerprint density at radius 2 is 2.17 bits per heavy atom. The molecule has 4 N–H and O–H groups in total. The molecule has 124 valence electrons. The van der Waals surface area contributed by atoms with Crippen LogP contribution in [0.4, 0.5) is 5.69 Å². The Labute approximate surface area is 146 Å². The summed E-state index contributed by atoms with van der Waals surface area (Å²) in [5.74, 6) is 0.957. The minimum absolute atomic E-state index is 0. The van der Waals surface area contributed by atoms with Gasteiger partial charge < -0.3 is 11.1 Å². The molecule has 7 heteroatoms. The lowest BCUT2D eigenvalue weighted by atomic mass is 9.86. The van der Waals surface area contributed by atoms with Crippen molar-refractivity contribution in [1.82, 2.24) is 10.4 Å². The van der Waals surface area contributed by atoms with E-state index in [0.717, 1.165) is 24.9 Å². The molecule has 0 amide bonds. The van der Waals surface area contributed by atoms with Gasteiger partial charge in [-0.2, -0.15) is 5.10 Å². The van der Waals surface area contributed by atoms with E-state index >= 15 is 0 Å². The van der Waals surface area contributed by atoms with Gasteiger partial charge in [0, 0.05) is 17.4 Å². The molecule has 0 radical (unpaired) electrons. The number of hydrogen-bond donors (Lipinski definition) is 3. The van der Waals surface area contributed by atoms with Gasteiger partial charge >= 0.3 is 0 Å². The second-order valence-electron chi connectivity index (χ2n) is 5.71. The van der Waals surface area contributed by atoms with Crippen LogP contribution in [0.15, 0.2) is 52.7 Å². The van der Waals surface area contributed by atoms with Crippen LogP contribution in [0, 0.1) is 0 Å². The van der Waals surface area contributed by atoms with Crippen molar-refractivity contribution >= 4 is 29.9 Å². The molecule has 1 aliphatic carbocycles. The SMILES string of the molecule is Cl.N/C(=N\NC1=NC2CCCc3cccc(c32)N1)c1ccccn1. The maximum absolute atomic E-state index is 5.95. The summed E-state index contributed by atoms with van der Waals surface area (Å²) in [6.45, 7) is 0. The molecule has 0 bridgehead atoms. The normalized spacial score (nSPS) is 18.6. The van der Waals surface area contributed by atoms with E-state index in [4.69, 9.17) is 10.7 Å². The summed E-state index contributed by atoms with van der Waals surface area (Å²) in [5, 5.41) is 7.49. The summed E-state index contributed by atoms with van der Waals surface area (Å²) < 4.78 is 0. The highest BCUT2D eigenvalue weighted by Gasteiger charge is 2.26. The van der Waals surface area contributed by atoms with Gasteiger partial charge in [0.05, 0.1) is 6.04 Å². The van der Waals surface area contributed by atoms with Crippen molar-refractivity contribution in [2.45, 2.75) is 25.3 Å². The Hall–Kier alpha value is -2.60. The maximum Gasteiger partial charge on any atom is 0.217 e. The fraction of sp³-hybridized carbons (Fsp3) is 0.235. The smallest absolute Gasteiger partial charge is 0.217 e. The van der Waals surface area contributed by atoms with Crippen LogP contribution >= 0.6 is 12.4 Å². The van der Waals surface area contributed by atoms with Gasteiger partial charge in [0.25, 0.3) is 0 Å². The molecule has 2 aliphatic rings. The monoisotopic (exact) mass is 342 g/mol. The Kier molecular flexibility index (Phi) is 4.66. The van der Waals surface area contributed by atoms with Crippen LogP contribution in [-0.4, -0.2) is 16.8 Å². The number of pyridine rings is 1. The second kappa shape index (κ2) is 6.88. The molecule has 0 fully saturated rings. The van der Waals surface area contributed by atoms with E-state index in [9.17, 15) is 0 Å². The molecule has 2 heterocycles. The van der Waals surface area contributed by atoms with Gasteiger partial charge in [0.15, 0.2) is 5.84 Å². The third-order valence-electron chi connectivity index (χ3n) is 4.20. The molecule has 2 aromatic rings. The molecule has 1 aliphatic heterocycles. The lowest BCUT2D eigenvalue weighted by Gasteiger charge is -2.30. The molecule has 0 saturated heterocycles.